The topological polar surface area (TPSA) is 121 Å². The van der Waals surface area contributed by atoms with Gasteiger partial charge in [0, 0.05) is 51.4 Å². The molecule has 2 rings (SSSR count). The number of nitrogens with zero attached hydrogens (tertiary/aromatic N) is 2. The number of anilines is 1. The van der Waals surface area contributed by atoms with Gasteiger partial charge in [-0.2, -0.15) is 0 Å². The molecular formula is C17H27N5O4. The monoisotopic (exact) mass is 365 g/mol. The lowest BCUT2D eigenvalue weighted by atomic mass is 9.84. The molecule has 1 aromatic carbocycles. The summed E-state index contributed by atoms with van der Waals surface area (Å²) in [5.41, 5.74) is 0.490. The first-order valence-corrected chi connectivity index (χ1v) is 8.71. The molecular weight excluding hydrogens is 338 g/mol. The van der Waals surface area contributed by atoms with Crippen LogP contribution in [0.3, 0.4) is 0 Å². The molecule has 0 bridgehead atoms. The fraction of sp³-hybridized carbons (Fsp3) is 0.588. The van der Waals surface area contributed by atoms with Gasteiger partial charge in [-0.3, -0.25) is 15.1 Å². The minimum Gasteiger partial charge on any atom is -0.396 e. The van der Waals surface area contributed by atoms with Crippen molar-refractivity contribution in [1.82, 2.24) is 10.6 Å². The van der Waals surface area contributed by atoms with E-state index in [1.807, 2.05) is 0 Å². The zero-order chi connectivity index (χ0) is 18.8. The van der Waals surface area contributed by atoms with Crippen LogP contribution in [0.2, 0.25) is 0 Å². The summed E-state index contributed by atoms with van der Waals surface area (Å²) in [4.78, 5) is 14.8. The van der Waals surface area contributed by atoms with Crippen molar-refractivity contribution >= 4 is 17.3 Å². The molecule has 4 N–H and O–H groups in total. The molecule has 1 unspecified atom stereocenters. The lowest BCUT2D eigenvalue weighted by Crippen LogP contribution is -2.45. The van der Waals surface area contributed by atoms with Crippen molar-refractivity contribution < 1.29 is 14.8 Å². The Bertz CT molecular complexity index is 617. The standard InChI is InChI=1S/C17H27N5O4/c1-18-16(21-12-17(6-10-23)7-11-26-13-17)20-9-8-19-14-4-2-3-5-15(14)22(24)25/h2-5,19,23H,6-13H2,1H3,(H2,18,20,21). The predicted molar refractivity (Wildman–Crippen MR) is 101 cm³/mol. The van der Waals surface area contributed by atoms with E-state index >= 15 is 0 Å². The molecule has 1 aliphatic heterocycles. The van der Waals surface area contributed by atoms with Gasteiger partial charge < -0.3 is 25.8 Å². The number of aliphatic hydroxyl groups is 1. The minimum atomic E-state index is -0.402. The molecule has 0 amide bonds. The molecule has 9 nitrogen and oxygen atoms in total. The third-order valence-corrected chi connectivity index (χ3v) is 4.52. The molecule has 0 radical (unpaired) electrons. The number of hydrogen-bond donors (Lipinski definition) is 4. The van der Waals surface area contributed by atoms with E-state index in [0.717, 1.165) is 6.42 Å². The van der Waals surface area contributed by atoms with Gasteiger partial charge in [0.15, 0.2) is 5.96 Å². The SMILES string of the molecule is CN=C(NCCNc1ccccc1[N+](=O)[O-])NCC1(CCO)CCOC1. The second-order valence-corrected chi connectivity index (χ2v) is 6.33. The van der Waals surface area contributed by atoms with Gasteiger partial charge in [0.25, 0.3) is 5.69 Å². The summed E-state index contributed by atoms with van der Waals surface area (Å²) >= 11 is 0. The second kappa shape index (κ2) is 9.93. The molecule has 1 heterocycles. The molecule has 1 atom stereocenters. The number of para-hydroxylation sites is 2. The number of benzene rings is 1. The van der Waals surface area contributed by atoms with Crippen LogP contribution in [-0.4, -0.2) is 62.5 Å². The number of rotatable bonds is 9. The number of ether oxygens (including phenoxy) is 1. The van der Waals surface area contributed by atoms with E-state index in [2.05, 4.69) is 20.9 Å². The number of hydrogen-bond acceptors (Lipinski definition) is 6. The Morgan fingerprint density at radius 2 is 2.19 bits per heavy atom. The van der Waals surface area contributed by atoms with Crippen LogP contribution >= 0.6 is 0 Å². The molecule has 26 heavy (non-hydrogen) atoms. The van der Waals surface area contributed by atoms with E-state index in [1.165, 1.54) is 6.07 Å². The average molecular weight is 365 g/mol. The molecule has 0 aliphatic carbocycles. The molecule has 144 valence electrons. The highest BCUT2D eigenvalue weighted by atomic mass is 16.6. The lowest BCUT2D eigenvalue weighted by molar-refractivity contribution is -0.384. The Balaban J connectivity index is 1.76. The zero-order valence-corrected chi connectivity index (χ0v) is 15.0. The van der Waals surface area contributed by atoms with Gasteiger partial charge in [0.05, 0.1) is 11.5 Å². The fourth-order valence-electron chi connectivity index (χ4n) is 2.96. The number of nitro benzene ring substituents is 1. The molecule has 1 saturated heterocycles. The van der Waals surface area contributed by atoms with Crippen molar-refractivity contribution in [3.05, 3.63) is 34.4 Å². The summed E-state index contributed by atoms with van der Waals surface area (Å²) in [7, 11) is 1.69. The van der Waals surface area contributed by atoms with E-state index in [9.17, 15) is 15.2 Å². The van der Waals surface area contributed by atoms with Crippen molar-refractivity contribution in [3.63, 3.8) is 0 Å². The highest BCUT2D eigenvalue weighted by Crippen LogP contribution is 2.31. The van der Waals surface area contributed by atoms with Gasteiger partial charge in [-0.25, -0.2) is 0 Å². The molecule has 1 aromatic rings. The molecule has 9 heteroatoms. The van der Waals surface area contributed by atoms with Crippen molar-refractivity contribution in [1.29, 1.82) is 0 Å². The van der Waals surface area contributed by atoms with E-state index in [-0.39, 0.29) is 17.7 Å². The summed E-state index contributed by atoms with van der Waals surface area (Å²) in [6, 6.07) is 6.56. The van der Waals surface area contributed by atoms with Crippen molar-refractivity contribution in [2.75, 3.05) is 51.8 Å². The molecule has 0 spiro atoms. The van der Waals surface area contributed by atoms with Crippen LogP contribution < -0.4 is 16.0 Å². The van der Waals surface area contributed by atoms with Gasteiger partial charge in [-0.15, -0.1) is 0 Å². The summed E-state index contributed by atoms with van der Waals surface area (Å²) < 4.78 is 5.48. The Morgan fingerprint density at radius 1 is 1.38 bits per heavy atom. The summed E-state index contributed by atoms with van der Waals surface area (Å²) in [5.74, 6) is 0.651. The van der Waals surface area contributed by atoms with Gasteiger partial charge >= 0.3 is 0 Å². The maximum atomic E-state index is 11.0. The smallest absolute Gasteiger partial charge is 0.292 e. The van der Waals surface area contributed by atoms with E-state index in [4.69, 9.17) is 4.74 Å². The Morgan fingerprint density at radius 3 is 2.85 bits per heavy atom. The first-order valence-electron chi connectivity index (χ1n) is 8.71. The summed E-state index contributed by atoms with van der Waals surface area (Å²) in [5, 5.41) is 29.8. The maximum absolute atomic E-state index is 11.0. The first-order chi connectivity index (χ1) is 12.6. The number of guanidine groups is 1. The van der Waals surface area contributed by atoms with Crippen LogP contribution in [0.5, 0.6) is 0 Å². The van der Waals surface area contributed by atoms with Crippen LogP contribution in [0.1, 0.15) is 12.8 Å². The summed E-state index contributed by atoms with van der Waals surface area (Å²) in [6.07, 6.45) is 1.60. The van der Waals surface area contributed by atoms with Crippen LogP contribution in [0.4, 0.5) is 11.4 Å². The van der Waals surface area contributed by atoms with Gasteiger partial charge in [0.2, 0.25) is 0 Å². The number of aliphatic hydroxyl groups excluding tert-OH is 1. The molecule has 1 fully saturated rings. The van der Waals surface area contributed by atoms with Crippen LogP contribution in [0.25, 0.3) is 0 Å². The fourth-order valence-corrected chi connectivity index (χ4v) is 2.96. The van der Waals surface area contributed by atoms with E-state index in [0.29, 0.717) is 50.9 Å². The second-order valence-electron chi connectivity index (χ2n) is 6.33. The number of aliphatic imine (C=N–C) groups is 1. The highest BCUT2D eigenvalue weighted by Gasteiger charge is 2.34. The normalized spacial score (nSPS) is 20.0. The molecule has 0 saturated carbocycles. The third-order valence-electron chi connectivity index (χ3n) is 4.52. The third kappa shape index (κ3) is 5.57. The minimum absolute atomic E-state index is 0.0576. The largest absolute Gasteiger partial charge is 0.396 e. The quantitative estimate of drug-likeness (QED) is 0.169. The van der Waals surface area contributed by atoms with Crippen LogP contribution in [-0.2, 0) is 4.74 Å². The van der Waals surface area contributed by atoms with Gasteiger partial charge in [0.1, 0.15) is 5.69 Å². The average Bonchev–Trinajstić information content (AvgIpc) is 3.10. The van der Waals surface area contributed by atoms with E-state index < -0.39 is 4.92 Å². The molecule has 0 aromatic heterocycles. The van der Waals surface area contributed by atoms with Gasteiger partial charge in [-0.1, -0.05) is 12.1 Å². The van der Waals surface area contributed by atoms with Crippen LogP contribution in [0, 0.1) is 15.5 Å². The first kappa shape index (κ1) is 19.9. The lowest BCUT2D eigenvalue weighted by Gasteiger charge is -2.27. The maximum Gasteiger partial charge on any atom is 0.292 e. The Kier molecular flexibility index (Phi) is 7.61. The summed E-state index contributed by atoms with van der Waals surface area (Å²) in [6.45, 7) is 3.22. The Labute approximate surface area is 153 Å². The zero-order valence-electron chi connectivity index (χ0n) is 15.0. The van der Waals surface area contributed by atoms with Crippen molar-refractivity contribution in [2.24, 2.45) is 10.4 Å². The van der Waals surface area contributed by atoms with Crippen molar-refractivity contribution in [2.45, 2.75) is 12.8 Å². The predicted octanol–water partition coefficient (Wildman–Crippen LogP) is 0.961. The van der Waals surface area contributed by atoms with E-state index in [1.54, 1.807) is 25.2 Å². The van der Waals surface area contributed by atoms with Gasteiger partial charge in [-0.05, 0) is 18.9 Å². The van der Waals surface area contributed by atoms with Crippen LogP contribution in [0.15, 0.2) is 29.3 Å². The Hall–Kier alpha value is -2.39. The number of nitrogens with one attached hydrogen (secondary N) is 3. The van der Waals surface area contributed by atoms with Crippen molar-refractivity contribution in [3.8, 4) is 0 Å². The number of nitro groups is 1. The molecule has 1 aliphatic rings. The highest BCUT2D eigenvalue weighted by molar-refractivity contribution is 5.79.